The third kappa shape index (κ3) is 3.46. The predicted molar refractivity (Wildman–Crippen MR) is 64.3 cm³/mol. The van der Waals surface area contributed by atoms with Gasteiger partial charge >= 0.3 is 0 Å². The molecular weight excluding hydrogens is 202 g/mol. The maximum atomic E-state index is 11.6. The standard InChI is InChI=1S/C12H17N3O/c1-4-9(2)10(3)14-15-12(16)11-5-7-13-8-6-11/h5-9H,4H2,1-3H3,(H,15,16)/t9-/m1/s1. The van der Waals surface area contributed by atoms with Gasteiger partial charge in [-0.05, 0) is 31.4 Å². The van der Waals surface area contributed by atoms with Gasteiger partial charge in [-0.3, -0.25) is 9.78 Å². The van der Waals surface area contributed by atoms with Crippen LogP contribution in [0.2, 0.25) is 0 Å². The van der Waals surface area contributed by atoms with E-state index in [-0.39, 0.29) is 5.91 Å². The Morgan fingerprint density at radius 2 is 2.12 bits per heavy atom. The zero-order valence-corrected chi connectivity index (χ0v) is 9.90. The summed E-state index contributed by atoms with van der Waals surface area (Å²) in [5.74, 6) is 0.183. The van der Waals surface area contributed by atoms with Crippen molar-refractivity contribution in [2.75, 3.05) is 0 Å². The van der Waals surface area contributed by atoms with Crippen LogP contribution in [-0.2, 0) is 0 Å². The van der Waals surface area contributed by atoms with Gasteiger partial charge < -0.3 is 0 Å². The normalized spacial score (nSPS) is 13.3. The van der Waals surface area contributed by atoms with Crippen LogP contribution in [0.3, 0.4) is 0 Å². The third-order valence-corrected chi connectivity index (χ3v) is 2.60. The van der Waals surface area contributed by atoms with Crippen molar-refractivity contribution in [1.82, 2.24) is 10.4 Å². The summed E-state index contributed by atoms with van der Waals surface area (Å²) in [5, 5.41) is 4.07. The van der Waals surface area contributed by atoms with Gasteiger partial charge in [-0.1, -0.05) is 13.8 Å². The quantitative estimate of drug-likeness (QED) is 0.623. The highest BCUT2D eigenvalue weighted by Gasteiger charge is 2.05. The Balaban J connectivity index is 2.60. The highest BCUT2D eigenvalue weighted by atomic mass is 16.2. The topological polar surface area (TPSA) is 54.4 Å². The minimum atomic E-state index is -0.204. The fourth-order valence-corrected chi connectivity index (χ4v) is 1.11. The SMILES string of the molecule is CC[C@@H](C)C(C)=NNC(=O)c1ccncc1. The van der Waals surface area contributed by atoms with E-state index in [0.29, 0.717) is 11.5 Å². The van der Waals surface area contributed by atoms with E-state index >= 15 is 0 Å². The zero-order valence-electron chi connectivity index (χ0n) is 9.90. The van der Waals surface area contributed by atoms with Gasteiger partial charge in [0, 0.05) is 23.7 Å². The van der Waals surface area contributed by atoms with Gasteiger partial charge in [0.2, 0.25) is 0 Å². The molecule has 0 spiro atoms. The van der Waals surface area contributed by atoms with E-state index in [1.54, 1.807) is 24.5 Å². The molecule has 1 N–H and O–H groups in total. The van der Waals surface area contributed by atoms with E-state index in [1.165, 1.54) is 0 Å². The first-order valence-corrected chi connectivity index (χ1v) is 5.39. The van der Waals surface area contributed by atoms with Crippen LogP contribution in [-0.4, -0.2) is 16.6 Å². The summed E-state index contributed by atoms with van der Waals surface area (Å²) in [6, 6.07) is 3.31. The second kappa shape index (κ2) is 6.00. The molecule has 1 rings (SSSR count). The number of amides is 1. The number of nitrogens with one attached hydrogen (secondary N) is 1. The summed E-state index contributed by atoms with van der Waals surface area (Å²) in [6.45, 7) is 6.09. The molecule has 0 aromatic carbocycles. The molecule has 0 fully saturated rings. The minimum absolute atomic E-state index is 0.204. The van der Waals surface area contributed by atoms with E-state index in [4.69, 9.17) is 0 Å². The average Bonchev–Trinajstić information content (AvgIpc) is 2.35. The van der Waals surface area contributed by atoms with Crippen molar-refractivity contribution in [1.29, 1.82) is 0 Å². The van der Waals surface area contributed by atoms with Crippen LogP contribution in [0.1, 0.15) is 37.6 Å². The molecule has 0 aliphatic rings. The summed E-state index contributed by atoms with van der Waals surface area (Å²) in [5.41, 5.74) is 4.04. The highest BCUT2D eigenvalue weighted by Crippen LogP contribution is 2.03. The number of hydrazone groups is 1. The van der Waals surface area contributed by atoms with Crippen LogP contribution in [0.4, 0.5) is 0 Å². The Kier molecular flexibility index (Phi) is 4.64. The van der Waals surface area contributed by atoms with Crippen molar-refractivity contribution >= 4 is 11.6 Å². The van der Waals surface area contributed by atoms with Gasteiger partial charge in [-0.25, -0.2) is 5.43 Å². The molecule has 0 bridgehead atoms. The molecule has 4 nitrogen and oxygen atoms in total. The lowest BCUT2D eigenvalue weighted by Gasteiger charge is -2.07. The first kappa shape index (κ1) is 12.4. The molecule has 4 heteroatoms. The van der Waals surface area contributed by atoms with Crippen molar-refractivity contribution < 1.29 is 4.79 Å². The van der Waals surface area contributed by atoms with Crippen LogP contribution in [0.5, 0.6) is 0 Å². The molecule has 86 valence electrons. The number of rotatable bonds is 4. The Hall–Kier alpha value is -1.71. The number of nitrogens with zero attached hydrogens (tertiary/aromatic N) is 2. The molecule has 1 aromatic heterocycles. The molecule has 0 saturated carbocycles. The van der Waals surface area contributed by atoms with Crippen LogP contribution < -0.4 is 5.43 Å². The maximum absolute atomic E-state index is 11.6. The Morgan fingerprint density at radius 1 is 1.50 bits per heavy atom. The predicted octanol–water partition coefficient (Wildman–Crippen LogP) is 2.23. The molecule has 0 unspecified atom stereocenters. The van der Waals surface area contributed by atoms with Gasteiger partial charge in [-0.15, -0.1) is 0 Å². The summed E-state index contributed by atoms with van der Waals surface area (Å²) in [6.07, 6.45) is 4.18. The van der Waals surface area contributed by atoms with E-state index < -0.39 is 0 Å². The van der Waals surface area contributed by atoms with Gasteiger partial charge in [0.1, 0.15) is 0 Å². The first-order valence-electron chi connectivity index (χ1n) is 5.39. The molecule has 0 radical (unpaired) electrons. The molecule has 1 heterocycles. The lowest BCUT2D eigenvalue weighted by molar-refractivity contribution is 0.0954. The van der Waals surface area contributed by atoms with Crippen LogP contribution in [0.25, 0.3) is 0 Å². The van der Waals surface area contributed by atoms with E-state index in [1.807, 2.05) is 6.92 Å². The molecule has 1 atom stereocenters. The Labute approximate surface area is 95.8 Å². The fraction of sp³-hybridized carbons (Fsp3) is 0.417. The van der Waals surface area contributed by atoms with Crippen molar-refractivity contribution in [2.45, 2.75) is 27.2 Å². The van der Waals surface area contributed by atoms with Gasteiger partial charge in [-0.2, -0.15) is 5.10 Å². The van der Waals surface area contributed by atoms with Crippen molar-refractivity contribution in [3.63, 3.8) is 0 Å². The fourth-order valence-electron chi connectivity index (χ4n) is 1.11. The smallest absolute Gasteiger partial charge is 0.267 e. The summed E-state index contributed by atoms with van der Waals surface area (Å²) in [4.78, 5) is 15.5. The van der Waals surface area contributed by atoms with Gasteiger partial charge in [0.25, 0.3) is 5.91 Å². The highest BCUT2D eigenvalue weighted by molar-refractivity contribution is 5.95. The molecule has 0 aliphatic carbocycles. The maximum Gasteiger partial charge on any atom is 0.271 e. The van der Waals surface area contributed by atoms with Gasteiger partial charge in [0.15, 0.2) is 0 Å². The number of carbonyl (C=O) groups is 1. The van der Waals surface area contributed by atoms with Crippen molar-refractivity contribution in [3.8, 4) is 0 Å². The van der Waals surface area contributed by atoms with Gasteiger partial charge in [0.05, 0.1) is 0 Å². The molecule has 1 amide bonds. The molecular formula is C12H17N3O. The van der Waals surface area contributed by atoms with Crippen LogP contribution in [0.15, 0.2) is 29.6 Å². The second-order valence-corrected chi connectivity index (χ2v) is 3.74. The Bertz CT molecular complexity index is 373. The Morgan fingerprint density at radius 3 is 2.69 bits per heavy atom. The molecule has 1 aromatic rings. The number of aromatic nitrogens is 1. The molecule has 16 heavy (non-hydrogen) atoms. The zero-order chi connectivity index (χ0) is 12.0. The lowest BCUT2D eigenvalue weighted by atomic mass is 10.1. The minimum Gasteiger partial charge on any atom is -0.267 e. The number of hydrogen-bond donors (Lipinski definition) is 1. The first-order chi connectivity index (χ1) is 7.65. The summed E-state index contributed by atoms with van der Waals surface area (Å²) < 4.78 is 0. The largest absolute Gasteiger partial charge is 0.271 e. The van der Waals surface area contributed by atoms with E-state index in [0.717, 1.165) is 12.1 Å². The second-order valence-electron chi connectivity index (χ2n) is 3.74. The lowest BCUT2D eigenvalue weighted by Crippen LogP contribution is -2.20. The average molecular weight is 219 g/mol. The van der Waals surface area contributed by atoms with Crippen molar-refractivity contribution in [3.05, 3.63) is 30.1 Å². The molecule has 0 aliphatic heterocycles. The number of carbonyl (C=O) groups excluding carboxylic acids is 1. The third-order valence-electron chi connectivity index (χ3n) is 2.60. The van der Waals surface area contributed by atoms with Crippen molar-refractivity contribution in [2.24, 2.45) is 11.0 Å². The van der Waals surface area contributed by atoms with E-state index in [2.05, 4.69) is 29.4 Å². The summed E-state index contributed by atoms with van der Waals surface area (Å²) >= 11 is 0. The van der Waals surface area contributed by atoms with E-state index in [9.17, 15) is 4.79 Å². The number of pyridine rings is 1. The molecule has 0 saturated heterocycles. The number of hydrogen-bond acceptors (Lipinski definition) is 3. The monoisotopic (exact) mass is 219 g/mol. The van der Waals surface area contributed by atoms with Crippen LogP contribution >= 0.6 is 0 Å². The van der Waals surface area contributed by atoms with Crippen LogP contribution in [0, 0.1) is 5.92 Å². The summed E-state index contributed by atoms with van der Waals surface area (Å²) in [7, 11) is 0.